The van der Waals surface area contributed by atoms with Gasteiger partial charge in [0.2, 0.25) is 0 Å². The topological polar surface area (TPSA) is 64.0 Å². The highest BCUT2D eigenvalue weighted by Gasteiger charge is 2.11. The van der Waals surface area contributed by atoms with E-state index in [-0.39, 0.29) is 17.8 Å². The summed E-state index contributed by atoms with van der Waals surface area (Å²) in [7, 11) is 0. The molecule has 2 aromatic carbocycles. The van der Waals surface area contributed by atoms with Crippen LogP contribution < -0.4 is 10.9 Å². The summed E-state index contributed by atoms with van der Waals surface area (Å²) in [4.78, 5) is 24.3. The number of hydrogen-bond acceptors (Lipinski definition) is 3. The molecule has 0 fully saturated rings. The largest absolute Gasteiger partial charge is 0.320 e. The van der Waals surface area contributed by atoms with Gasteiger partial charge < -0.3 is 5.32 Å². The molecule has 5 nitrogen and oxygen atoms in total. The molecule has 1 heterocycles. The number of nitrogens with zero attached hydrogens (tertiary/aromatic N) is 2. The molecule has 0 spiro atoms. The van der Waals surface area contributed by atoms with Gasteiger partial charge in [-0.15, -0.1) is 0 Å². The third kappa shape index (κ3) is 4.17. The molecule has 0 aliphatic carbocycles. The van der Waals surface area contributed by atoms with Crippen LogP contribution in [0.1, 0.15) is 21.6 Å². The monoisotopic (exact) mass is 337 g/mol. The molecule has 25 heavy (non-hydrogen) atoms. The Kier molecular flexibility index (Phi) is 4.70. The zero-order valence-corrected chi connectivity index (χ0v) is 13.6. The lowest BCUT2D eigenvalue weighted by Gasteiger charge is -2.08. The van der Waals surface area contributed by atoms with Gasteiger partial charge in [0.25, 0.3) is 11.5 Å². The fraction of sp³-hybridized carbons (Fsp3) is 0.105. The third-order valence-electron chi connectivity index (χ3n) is 3.63. The van der Waals surface area contributed by atoms with Crippen molar-refractivity contribution in [1.82, 2.24) is 9.78 Å². The summed E-state index contributed by atoms with van der Waals surface area (Å²) in [6.07, 6.45) is 0. The van der Waals surface area contributed by atoms with Gasteiger partial charge in [-0.05, 0) is 36.8 Å². The Labute approximate surface area is 143 Å². The van der Waals surface area contributed by atoms with Crippen LogP contribution in [0.25, 0.3) is 0 Å². The first-order valence-corrected chi connectivity index (χ1v) is 7.72. The predicted molar refractivity (Wildman–Crippen MR) is 93.1 cm³/mol. The van der Waals surface area contributed by atoms with Gasteiger partial charge in [-0.1, -0.05) is 35.9 Å². The first-order valence-electron chi connectivity index (χ1n) is 7.72. The fourth-order valence-electron chi connectivity index (χ4n) is 2.31. The minimum Gasteiger partial charge on any atom is -0.320 e. The second-order valence-electron chi connectivity index (χ2n) is 5.66. The van der Waals surface area contributed by atoms with Gasteiger partial charge in [0, 0.05) is 11.8 Å². The van der Waals surface area contributed by atoms with Crippen LogP contribution in [-0.4, -0.2) is 15.7 Å². The van der Waals surface area contributed by atoms with E-state index >= 15 is 0 Å². The summed E-state index contributed by atoms with van der Waals surface area (Å²) in [5, 5.41) is 6.67. The van der Waals surface area contributed by atoms with Gasteiger partial charge in [-0.2, -0.15) is 5.10 Å². The number of nitrogens with one attached hydrogen (secondary N) is 1. The number of aryl methyl sites for hydroxylation is 1. The molecule has 3 rings (SSSR count). The molecular formula is C19H16FN3O2. The van der Waals surface area contributed by atoms with Crippen LogP contribution in [0.2, 0.25) is 0 Å². The summed E-state index contributed by atoms with van der Waals surface area (Å²) < 4.78 is 14.4. The lowest BCUT2D eigenvalue weighted by atomic mass is 10.1. The first kappa shape index (κ1) is 16.6. The van der Waals surface area contributed by atoms with Crippen LogP contribution in [0, 0.1) is 12.7 Å². The second-order valence-corrected chi connectivity index (χ2v) is 5.66. The van der Waals surface area contributed by atoms with Crippen molar-refractivity contribution in [1.29, 1.82) is 0 Å². The molecule has 0 unspecified atom stereocenters. The van der Waals surface area contributed by atoms with E-state index in [1.807, 2.05) is 31.2 Å². The number of aromatic nitrogens is 2. The molecule has 0 bridgehead atoms. The molecule has 0 atom stereocenters. The summed E-state index contributed by atoms with van der Waals surface area (Å²) in [5.41, 5.74) is 2.12. The molecular weight excluding hydrogens is 321 g/mol. The van der Waals surface area contributed by atoms with Gasteiger partial charge in [0.05, 0.1) is 6.54 Å². The van der Waals surface area contributed by atoms with Crippen molar-refractivity contribution in [2.45, 2.75) is 13.5 Å². The Bertz CT molecular complexity index is 965. The number of benzene rings is 2. The van der Waals surface area contributed by atoms with Crippen molar-refractivity contribution >= 4 is 11.6 Å². The summed E-state index contributed by atoms with van der Waals surface area (Å²) in [6.45, 7) is 2.24. The Morgan fingerprint density at radius 3 is 2.60 bits per heavy atom. The van der Waals surface area contributed by atoms with E-state index in [4.69, 9.17) is 0 Å². The first-order chi connectivity index (χ1) is 12.0. The Hall–Kier alpha value is -3.28. The van der Waals surface area contributed by atoms with Crippen molar-refractivity contribution in [3.05, 3.63) is 93.7 Å². The SMILES string of the molecule is Cc1ccc(Cn2nc(C(=O)Nc3cccc(F)c3)ccc2=O)cc1. The van der Waals surface area contributed by atoms with E-state index in [1.54, 1.807) is 6.07 Å². The molecule has 6 heteroatoms. The van der Waals surface area contributed by atoms with Crippen LogP contribution in [0.15, 0.2) is 65.5 Å². The van der Waals surface area contributed by atoms with E-state index in [0.717, 1.165) is 11.1 Å². The summed E-state index contributed by atoms with van der Waals surface area (Å²) in [6, 6.07) is 15.9. The maximum Gasteiger partial charge on any atom is 0.276 e. The maximum absolute atomic E-state index is 13.2. The quantitative estimate of drug-likeness (QED) is 0.796. The van der Waals surface area contributed by atoms with Gasteiger partial charge in [-0.3, -0.25) is 9.59 Å². The number of carbonyl (C=O) groups is 1. The molecule has 0 saturated carbocycles. The van der Waals surface area contributed by atoms with Gasteiger partial charge in [0.15, 0.2) is 0 Å². The Morgan fingerprint density at radius 1 is 1.12 bits per heavy atom. The number of amides is 1. The number of halogens is 1. The number of carbonyl (C=O) groups excluding carboxylic acids is 1. The van der Waals surface area contributed by atoms with E-state index < -0.39 is 11.7 Å². The van der Waals surface area contributed by atoms with Crippen molar-refractivity contribution in [2.75, 3.05) is 5.32 Å². The molecule has 0 radical (unpaired) electrons. The summed E-state index contributed by atoms with van der Waals surface area (Å²) in [5.74, 6) is -0.960. The molecule has 1 amide bonds. The summed E-state index contributed by atoms with van der Waals surface area (Å²) >= 11 is 0. The normalized spacial score (nSPS) is 10.5. The predicted octanol–water partition coefficient (Wildman–Crippen LogP) is 2.99. The van der Waals surface area contributed by atoms with Gasteiger partial charge in [-0.25, -0.2) is 9.07 Å². The average Bonchev–Trinajstić information content (AvgIpc) is 2.59. The van der Waals surface area contributed by atoms with Crippen LogP contribution >= 0.6 is 0 Å². The van der Waals surface area contributed by atoms with Crippen LogP contribution in [0.3, 0.4) is 0 Å². The zero-order chi connectivity index (χ0) is 17.8. The molecule has 1 N–H and O–H groups in total. The van der Waals surface area contributed by atoms with Crippen LogP contribution in [-0.2, 0) is 6.54 Å². The van der Waals surface area contributed by atoms with Crippen molar-refractivity contribution < 1.29 is 9.18 Å². The highest BCUT2D eigenvalue weighted by Crippen LogP contribution is 2.10. The van der Waals surface area contributed by atoms with Crippen molar-refractivity contribution in [3.63, 3.8) is 0 Å². The Morgan fingerprint density at radius 2 is 1.88 bits per heavy atom. The van der Waals surface area contributed by atoms with E-state index in [2.05, 4.69) is 10.4 Å². The van der Waals surface area contributed by atoms with E-state index in [0.29, 0.717) is 5.69 Å². The van der Waals surface area contributed by atoms with Gasteiger partial charge >= 0.3 is 0 Å². The smallest absolute Gasteiger partial charge is 0.276 e. The Balaban J connectivity index is 1.82. The lowest BCUT2D eigenvalue weighted by molar-refractivity contribution is 0.102. The van der Waals surface area contributed by atoms with E-state index in [1.165, 1.54) is 35.0 Å². The maximum atomic E-state index is 13.2. The average molecular weight is 337 g/mol. The molecule has 1 aromatic heterocycles. The highest BCUT2D eigenvalue weighted by atomic mass is 19.1. The fourth-order valence-corrected chi connectivity index (χ4v) is 2.31. The van der Waals surface area contributed by atoms with Crippen LogP contribution in [0.4, 0.5) is 10.1 Å². The minimum atomic E-state index is -0.511. The second kappa shape index (κ2) is 7.09. The molecule has 0 aliphatic rings. The standard InChI is InChI=1S/C19H16FN3O2/c1-13-5-7-14(8-6-13)12-23-18(24)10-9-17(22-23)19(25)21-16-4-2-3-15(20)11-16/h2-11H,12H2,1H3,(H,21,25). The highest BCUT2D eigenvalue weighted by molar-refractivity contribution is 6.02. The van der Waals surface area contributed by atoms with Crippen molar-refractivity contribution in [2.24, 2.45) is 0 Å². The third-order valence-corrected chi connectivity index (χ3v) is 3.63. The molecule has 3 aromatic rings. The molecule has 126 valence electrons. The number of hydrogen-bond donors (Lipinski definition) is 1. The lowest BCUT2D eigenvalue weighted by Crippen LogP contribution is -2.26. The van der Waals surface area contributed by atoms with Gasteiger partial charge in [0.1, 0.15) is 11.5 Å². The van der Waals surface area contributed by atoms with Crippen molar-refractivity contribution in [3.8, 4) is 0 Å². The molecule has 0 aliphatic heterocycles. The molecule has 0 saturated heterocycles. The van der Waals surface area contributed by atoms with E-state index in [9.17, 15) is 14.0 Å². The van der Waals surface area contributed by atoms with Crippen LogP contribution in [0.5, 0.6) is 0 Å². The number of anilines is 1. The number of rotatable bonds is 4. The zero-order valence-electron chi connectivity index (χ0n) is 13.6. The minimum absolute atomic E-state index is 0.0796.